The highest BCUT2D eigenvalue weighted by molar-refractivity contribution is 5.73. The van der Waals surface area contributed by atoms with Crippen molar-refractivity contribution in [2.24, 2.45) is 0 Å². The van der Waals surface area contributed by atoms with Crippen LogP contribution in [0.5, 0.6) is 0 Å². The number of carbonyl (C=O) groups excluding carboxylic acids is 1. The van der Waals surface area contributed by atoms with Crippen LogP contribution in [0.25, 0.3) is 0 Å². The number of benzene rings is 4. The Morgan fingerprint density at radius 3 is 1.70 bits per heavy atom. The van der Waals surface area contributed by atoms with Crippen LogP contribution < -0.4 is 5.32 Å². The minimum Gasteiger partial charge on any atom is -0.368 e. The van der Waals surface area contributed by atoms with Crippen molar-refractivity contribution >= 4 is 5.91 Å². The molecule has 3 aliphatic rings. The molecule has 0 aromatic heterocycles. The molecule has 0 bridgehead atoms. The minimum atomic E-state index is -0.986. The van der Waals surface area contributed by atoms with Gasteiger partial charge in [-0.25, -0.2) is 0 Å². The number of ether oxygens (including phenoxy) is 9. The molecule has 0 saturated carbocycles. The van der Waals surface area contributed by atoms with Crippen molar-refractivity contribution in [3.63, 3.8) is 0 Å². The number of fused-ring (bicyclic) bond motifs is 1. The van der Waals surface area contributed by atoms with Crippen molar-refractivity contribution < 1.29 is 47.4 Å². The fourth-order valence-corrected chi connectivity index (χ4v) is 7.24. The summed E-state index contributed by atoms with van der Waals surface area (Å²) < 4.78 is 58.9. The predicted molar refractivity (Wildman–Crippen MR) is 198 cm³/mol. The summed E-state index contributed by atoms with van der Waals surface area (Å²) in [5, 5.41) is 3.01. The Morgan fingerprint density at radius 1 is 0.648 bits per heavy atom. The molecule has 11 heteroatoms. The number of amides is 1. The van der Waals surface area contributed by atoms with Gasteiger partial charge in [0.1, 0.15) is 42.7 Å². The van der Waals surface area contributed by atoms with Crippen molar-refractivity contribution in [1.82, 2.24) is 5.32 Å². The molecule has 1 amide bonds. The average molecular weight is 740 g/mol. The SMILES string of the molecule is CO[C@@H]1O[C@@H]2COC(c3ccccc3)O[C@H]2[C@H](O[C@@H]2O[C@@H](C)[C@@H](OCc3ccccc3)[C@@H](OCc3ccccc3)[C@@H]2OCc2ccccc2)[C@H]1NC(C)=O. The zero-order chi connectivity index (χ0) is 37.3. The van der Waals surface area contributed by atoms with Gasteiger partial charge in [-0.1, -0.05) is 121 Å². The highest BCUT2D eigenvalue weighted by atomic mass is 16.8. The summed E-state index contributed by atoms with van der Waals surface area (Å²) in [6.07, 6.45) is -7.04. The number of nitrogens with one attached hydrogen (secondary N) is 1. The molecule has 3 saturated heterocycles. The van der Waals surface area contributed by atoms with Crippen LogP contribution in [0.2, 0.25) is 0 Å². The Labute approximate surface area is 316 Å². The smallest absolute Gasteiger partial charge is 0.217 e. The lowest BCUT2D eigenvalue weighted by atomic mass is 9.94. The third-order valence-electron chi connectivity index (χ3n) is 9.89. The molecule has 3 fully saturated rings. The zero-order valence-electron chi connectivity index (χ0n) is 30.8. The number of carbonyl (C=O) groups is 1. The predicted octanol–water partition coefficient (Wildman–Crippen LogP) is 5.86. The van der Waals surface area contributed by atoms with E-state index in [-0.39, 0.29) is 19.1 Å². The van der Waals surface area contributed by atoms with Gasteiger partial charge >= 0.3 is 0 Å². The molecular weight excluding hydrogens is 690 g/mol. The Bertz CT molecular complexity index is 1720. The molecule has 1 N–H and O–H groups in total. The van der Waals surface area contributed by atoms with E-state index in [1.807, 2.05) is 128 Å². The molecule has 3 heterocycles. The van der Waals surface area contributed by atoms with Gasteiger partial charge in [0.05, 0.1) is 32.5 Å². The Hall–Kier alpha value is -4.01. The fourth-order valence-electron chi connectivity index (χ4n) is 7.24. The maximum atomic E-state index is 12.7. The lowest BCUT2D eigenvalue weighted by molar-refractivity contribution is -0.380. The summed E-state index contributed by atoms with van der Waals surface area (Å²) in [5.41, 5.74) is 3.84. The Balaban J connectivity index is 1.23. The van der Waals surface area contributed by atoms with Crippen LogP contribution >= 0.6 is 0 Å². The first-order valence-corrected chi connectivity index (χ1v) is 18.5. The van der Waals surface area contributed by atoms with E-state index in [2.05, 4.69) is 5.32 Å². The molecule has 0 spiro atoms. The lowest BCUT2D eigenvalue weighted by Crippen LogP contribution is -2.69. The van der Waals surface area contributed by atoms with E-state index < -0.39 is 67.6 Å². The molecule has 3 aliphatic heterocycles. The van der Waals surface area contributed by atoms with Crippen LogP contribution in [0.4, 0.5) is 0 Å². The largest absolute Gasteiger partial charge is 0.368 e. The van der Waals surface area contributed by atoms with E-state index in [4.69, 9.17) is 42.6 Å². The molecule has 4 aromatic carbocycles. The molecule has 11 nitrogen and oxygen atoms in total. The van der Waals surface area contributed by atoms with Crippen molar-refractivity contribution in [1.29, 1.82) is 0 Å². The van der Waals surface area contributed by atoms with Crippen molar-refractivity contribution in [3.8, 4) is 0 Å². The number of methoxy groups -OCH3 is 1. The second-order valence-corrected chi connectivity index (χ2v) is 13.8. The van der Waals surface area contributed by atoms with Crippen LogP contribution in [0, 0.1) is 0 Å². The van der Waals surface area contributed by atoms with E-state index in [1.165, 1.54) is 14.0 Å². The van der Waals surface area contributed by atoms with Crippen LogP contribution in [0.3, 0.4) is 0 Å². The maximum Gasteiger partial charge on any atom is 0.217 e. The van der Waals surface area contributed by atoms with Crippen LogP contribution in [-0.4, -0.2) is 81.0 Å². The van der Waals surface area contributed by atoms with Crippen molar-refractivity contribution in [2.45, 2.75) is 101 Å². The summed E-state index contributed by atoms with van der Waals surface area (Å²) in [4.78, 5) is 12.7. The molecule has 0 radical (unpaired) electrons. The maximum absolute atomic E-state index is 12.7. The quantitative estimate of drug-likeness (QED) is 0.169. The zero-order valence-corrected chi connectivity index (χ0v) is 30.8. The number of hydrogen-bond acceptors (Lipinski definition) is 10. The van der Waals surface area contributed by atoms with E-state index in [9.17, 15) is 4.79 Å². The third-order valence-corrected chi connectivity index (χ3v) is 9.89. The molecule has 54 heavy (non-hydrogen) atoms. The molecule has 11 atom stereocenters. The Kier molecular flexibility index (Phi) is 13.1. The summed E-state index contributed by atoms with van der Waals surface area (Å²) >= 11 is 0. The van der Waals surface area contributed by atoms with Crippen molar-refractivity contribution in [2.75, 3.05) is 13.7 Å². The summed E-state index contributed by atoms with van der Waals surface area (Å²) in [6.45, 7) is 4.52. The fraction of sp³-hybridized carbons (Fsp3) is 0.419. The minimum absolute atomic E-state index is 0.213. The topological polar surface area (TPSA) is 112 Å². The van der Waals surface area contributed by atoms with Crippen molar-refractivity contribution in [3.05, 3.63) is 144 Å². The standard InChI is InChI=1S/C43H49NO10/c1-28-36(47-24-30-16-8-4-9-17-30)39(48-25-31-18-10-5-11-19-31)40(49-26-32-20-12-6-13-21-32)43(51-28)54-38-35(44-29(2)45)42(46-3)52-34-27-50-41(53-37(34)38)33-22-14-7-15-23-33/h4-23,28,34-43H,24-27H2,1-3H3,(H,44,45)/t28-,34+,35+,36+,37+,38+,39+,40-,41?,42+,43-/m0/s1. The second-order valence-electron chi connectivity index (χ2n) is 13.8. The van der Waals surface area contributed by atoms with E-state index in [0.717, 1.165) is 22.3 Å². The highest BCUT2D eigenvalue weighted by Gasteiger charge is 2.55. The first-order chi connectivity index (χ1) is 26.5. The van der Waals surface area contributed by atoms with Gasteiger partial charge in [-0.05, 0) is 23.6 Å². The molecule has 0 aliphatic carbocycles. The van der Waals surface area contributed by atoms with Crippen LogP contribution in [0.15, 0.2) is 121 Å². The first kappa shape index (κ1) is 38.3. The van der Waals surface area contributed by atoms with Gasteiger partial charge in [0.15, 0.2) is 18.9 Å². The molecule has 286 valence electrons. The van der Waals surface area contributed by atoms with Gasteiger partial charge < -0.3 is 47.9 Å². The normalized spacial score (nSPS) is 31.0. The lowest BCUT2D eigenvalue weighted by Gasteiger charge is -2.51. The van der Waals surface area contributed by atoms with Gasteiger partial charge in [0.25, 0.3) is 0 Å². The molecule has 1 unspecified atom stereocenters. The summed E-state index contributed by atoms with van der Waals surface area (Å²) in [7, 11) is 1.53. The molecular formula is C43H49NO10. The monoisotopic (exact) mass is 739 g/mol. The van der Waals surface area contributed by atoms with Gasteiger partial charge in [-0.15, -0.1) is 0 Å². The summed E-state index contributed by atoms with van der Waals surface area (Å²) in [6, 6.07) is 38.8. The average Bonchev–Trinajstić information content (AvgIpc) is 3.21. The third kappa shape index (κ3) is 9.43. The molecule has 4 aromatic rings. The van der Waals surface area contributed by atoms with Gasteiger partial charge in [0, 0.05) is 19.6 Å². The van der Waals surface area contributed by atoms with Gasteiger partial charge in [0.2, 0.25) is 5.91 Å². The van der Waals surface area contributed by atoms with Gasteiger partial charge in [-0.2, -0.15) is 0 Å². The highest BCUT2D eigenvalue weighted by Crippen LogP contribution is 2.38. The number of rotatable bonds is 14. The number of hydrogen-bond donors (Lipinski definition) is 1. The molecule has 7 rings (SSSR count). The van der Waals surface area contributed by atoms with E-state index in [1.54, 1.807) is 0 Å². The van der Waals surface area contributed by atoms with E-state index in [0.29, 0.717) is 13.2 Å². The first-order valence-electron chi connectivity index (χ1n) is 18.5. The van der Waals surface area contributed by atoms with E-state index >= 15 is 0 Å². The Morgan fingerprint density at radius 2 is 1.17 bits per heavy atom. The van der Waals surface area contributed by atoms with Crippen LogP contribution in [-0.2, 0) is 67.2 Å². The van der Waals surface area contributed by atoms with Crippen LogP contribution in [0.1, 0.15) is 42.4 Å². The summed E-state index contributed by atoms with van der Waals surface area (Å²) in [5.74, 6) is -0.280. The van der Waals surface area contributed by atoms with Gasteiger partial charge in [-0.3, -0.25) is 4.79 Å². The second kappa shape index (κ2) is 18.5.